The van der Waals surface area contributed by atoms with Crippen LogP contribution < -0.4 is 10.1 Å². The minimum absolute atomic E-state index is 0.0508. The Balaban J connectivity index is 1.47. The number of nitrogens with zero attached hydrogens (tertiary/aromatic N) is 4. The van der Waals surface area contributed by atoms with Crippen LogP contribution in [0.2, 0.25) is 0 Å². The molecule has 0 bridgehead atoms. The number of likely N-dealkylation sites (tertiary alicyclic amines) is 1. The zero-order chi connectivity index (χ0) is 22.9. The molecule has 1 saturated heterocycles. The third kappa shape index (κ3) is 6.50. The number of nitrogens with one attached hydrogen (secondary N) is 1. The molecular weight excluding hydrogens is 418 g/mol. The number of benzene rings is 1. The number of aromatic hydroxyl groups is 1. The summed E-state index contributed by atoms with van der Waals surface area (Å²) in [5.74, 6) is 1.21. The lowest BCUT2D eigenvalue weighted by molar-refractivity contribution is 0.144. The van der Waals surface area contributed by atoms with Crippen molar-refractivity contribution in [1.29, 1.82) is 0 Å². The van der Waals surface area contributed by atoms with E-state index < -0.39 is 0 Å². The molecule has 33 heavy (non-hydrogen) atoms. The predicted molar refractivity (Wildman–Crippen MR) is 128 cm³/mol. The first-order valence-corrected chi connectivity index (χ1v) is 11.1. The second-order valence-corrected chi connectivity index (χ2v) is 7.82. The molecule has 0 saturated carbocycles. The Morgan fingerprint density at radius 2 is 1.94 bits per heavy atom. The molecule has 0 spiro atoms. The van der Waals surface area contributed by atoms with Crippen LogP contribution in [-0.2, 0) is 11.3 Å². The van der Waals surface area contributed by atoms with Gasteiger partial charge >= 0.3 is 0 Å². The van der Waals surface area contributed by atoms with Crippen molar-refractivity contribution in [3.05, 3.63) is 67.0 Å². The Morgan fingerprint density at radius 3 is 2.76 bits per heavy atom. The van der Waals surface area contributed by atoms with Crippen LogP contribution in [0, 0.1) is 0 Å². The fraction of sp³-hybridized carbons (Fsp3) is 0.320. The van der Waals surface area contributed by atoms with Crippen LogP contribution in [0.4, 0.5) is 11.6 Å². The quantitative estimate of drug-likeness (QED) is 0.334. The highest BCUT2D eigenvalue weighted by Gasteiger charge is 2.12. The topological polar surface area (TPSA) is 92.6 Å². The lowest BCUT2D eigenvalue weighted by Gasteiger charge is -2.17. The lowest BCUT2D eigenvalue weighted by atomic mass is 10.2. The van der Waals surface area contributed by atoms with Crippen LogP contribution in [-0.4, -0.2) is 57.8 Å². The van der Waals surface area contributed by atoms with Crippen LogP contribution >= 0.6 is 0 Å². The number of ether oxygens (including phenoxy) is 2. The van der Waals surface area contributed by atoms with Gasteiger partial charge in [-0.1, -0.05) is 6.08 Å². The maximum atomic E-state index is 9.64. The number of hydrogen-bond donors (Lipinski definition) is 2. The zero-order valence-corrected chi connectivity index (χ0v) is 18.6. The highest BCUT2D eigenvalue weighted by atomic mass is 16.5. The molecule has 8 nitrogen and oxygen atoms in total. The van der Waals surface area contributed by atoms with E-state index in [2.05, 4.69) is 31.7 Å². The summed E-state index contributed by atoms with van der Waals surface area (Å²) in [7, 11) is 0. The van der Waals surface area contributed by atoms with E-state index in [1.807, 2.05) is 18.2 Å². The third-order valence-electron chi connectivity index (χ3n) is 5.37. The van der Waals surface area contributed by atoms with Crippen molar-refractivity contribution in [2.75, 3.05) is 38.2 Å². The highest BCUT2D eigenvalue weighted by Crippen LogP contribution is 2.26. The minimum Gasteiger partial charge on any atom is -0.493 e. The van der Waals surface area contributed by atoms with Gasteiger partial charge in [0.1, 0.15) is 12.4 Å². The monoisotopic (exact) mass is 447 g/mol. The molecule has 0 atom stereocenters. The lowest BCUT2D eigenvalue weighted by Crippen LogP contribution is -2.25. The van der Waals surface area contributed by atoms with Gasteiger partial charge in [-0.05, 0) is 56.3 Å². The average molecular weight is 448 g/mol. The van der Waals surface area contributed by atoms with Crippen LogP contribution in [0.25, 0.3) is 11.3 Å². The molecule has 3 aromatic rings. The molecule has 1 aromatic carbocycles. The summed E-state index contributed by atoms with van der Waals surface area (Å²) in [6.07, 6.45) is 7.48. The first kappa shape index (κ1) is 22.7. The molecule has 8 heteroatoms. The molecule has 2 N–H and O–H groups in total. The summed E-state index contributed by atoms with van der Waals surface area (Å²) in [5, 5.41) is 12.9. The molecule has 0 radical (unpaired) electrons. The fourth-order valence-corrected chi connectivity index (χ4v) is 3.74. The van der Waals surface area contributed by atoms with E-state index in [0.717, 1.165) is 42.2 Å². The molecule has 1 fully saturated rings. The summed E-state index contributed by atoms with van der Waals surface area (Å²) < 4.78 is 11.8. The third-order valence-corrected chi connectivity index (χ3v) is 5.37. The normalized spacial score (nSPS) is 13.7. The van der Waals surface area contributed by atoms with Crippen LogP contribution in [0.15, 0.2) is 61.4 Å². The molecule has 0 amide bonds. The summed E-state index contributed by atoms with van der Waals surface area (Å²) in [4.78, 5) is 15.1. The van der Waals surface area contributed by atoms with Gasteiger partial charge in [-0.15, -0.1) is 6.58 Å². The second kappa shape index (κ2) is 11.4. The summed E-state index contributed by atoms with van der Waals surface area (Å²) in [6.45, 7) is 8.47. The number of pyridine rings is 1. The first-order valence-electron chi connectivity index (χ1n) is 11.1. The number of aromatic nitrogens is 3. The molecule has 0 unspecified atom stereocenters. The Labute approximate surface area is 193 Å². The molecule has 1 aliphatic rings. The van der Waals surface area contributed by atoms with E-state index >= 15 is 0 Å². The Hall–Kier alpha value is -3.49. The maximum Gasteiger partial charge on any atom is 0.227 e. The molecule has 172 valence electrons. The summed E-state index contributed by atoms with van der Waals surface area (Å²) >= 11 is 0. The van der Waals surface area contributed by atoms with E-state index in [1.54, 1.807) is 30.5 Å². The Kier molecular flexibility index (Phi) is 7.84. The van der Waals surface area contributed by atoms with Crippen molar-refractivity contribution in [2.45, 2.75) is 19.4 Å². The van der Waals surface area contributed by atoms with Gasteiger partial charge in [0, 0.05) is 41.8 Å². The Morgan fingerprint density at radius 1 is 1.09 bits per heavy atom. The van der Waals surface area contributed by atoms with Crippen molar-refractivity contribution in [3.8, 4) is 22.9 Å². The Bertz CT molecular complexity index is 1070. The van der Waals surface area contributed by atoms with Crippen LogP contribution in [0.3, 0.4) is 0 Å². The van der Waals surface area contributed by atoms with Gasteiger partial charge in [0.05, 0.1) is 18.9 Å². The standard InChI is InChI=1S/C25H29N5O3/c1-2-14-32-18-20-16-21(5-6-23(20)33-15-13-30-11-3-4-12-30)28-25-27-10-8-22(29-25)19-7-9-26-24(31)17-19/h2,5-10,16-17H,1,3-4,11-15,18H2,(H,26,31)(H,27,28,29). The number of rotatable bonds is 11. The van der Waals surface area contributed by atoms with Crippen molar-refractivity contribution in [1.82, 2.24) is 19.9 Å². The number of anilines is 2. The first-order chi connectivity index (χ1) is 16.2. The fourth-order valence-electron chi connectivity index (χ4n) is 3.74. The van der Waals surface area contributed by atoms with Gasteiger partial charge in [0.15, 0.2) is 0 Å². The smallest absolute Gasteiger partial charge is 0.227 e. The van der Waals surface area contributed by atoms with E-state index in [1.165, 1.54) is 19.0 Å². The SMILES string of the molecule is C=CCOCc1cc(Nc2nccc(-c3ccnc(O)c3)n2)ccc1OCCN1CCCC1. The van der Waals surface area contributed by atoms with Crippen molar-refractivity contribution in [3.63, 3.8) is 0 Å². The highest BCUT2D eigenvalue weighted by molar-refractivity contribution is 5.63. The van der Waals surface area contributed by atoms with E-state index in [4.69, 9.17) is 9.47 Å². The van der Waals surface area contributed by atoms with Gasteiger partial charge in [-0.25, -0.2) is 15.0 Å². The largest absolute Gasteiger partial charge is 0.493 e. The maximum absolute atomic E-state index is 9.64. The van der Waals surface area contributed by atoms with Crippen molar-refractivity contribution in [2.24, 2.45) is 0 Å². The van der Waals surface area contributed by atoms with E-state index in [0.29, 0.717) is 31.5 Å². The van der Waals surface area contributed by atoms with E-state index in [9.17, 15) is 5.11 Å². The molecule has 3 heterocycles. The van der Waals surface area contributed by atoms with Gasteiger partial charge < -0.3 is 19.9 Å². The molecule has 4 rings (SSSR count). The predicted octanol–water partition coefficient (Wildman–Crippen LogP) is 4.17. The van der Waals surface area contributed by atoms with Crippen LogP contribution in [0.1, 0.15) is 18.4 Å². The molecule has 0 aliphatic carbocycles. The minimum atomic E-state index is -0.0508. The zero-order valence-electron chi connectivity index (χ0n) is 18.6. The van der Waals surface area contributed by atoms with Gasteiger partial charge in [0.2, 0.25) is 11.8 Å². The van der Waals surface area contributed by atoms with Crippen molar-refractivity contribution >= 4 is 11.6 Å². The van der Waals surface area contributed by atoms with Crippen molar-refractivity contribution < 1.29 is 14.6 Å². The summed E-state index contributed by atoms with van der Waals surface area (Å²) in [5.41, 5.74) is 3.21. The van der Waals surface area contributed by atoms with Crippen LogP contribution in [0.5, 0.6) is 11.6 Å². The van der Waals surface area contributed by atoms with Gasteiger partial charge in [0.25, 0.3) is 0 Å². The molecule has 2 aromatic heterocycles. The second-order valence-electron chi connectivity index (χ2n) is 7.82. The number of hydrogen-bond acceptors (Lipinski definition) is 8. The van der Waals surface area contributed by atoms with Gasteiger partial charge in [-0.2, -0.15) is 0 Å². The average Bonchev–Trinajstić information content (AvgIpc) is 3.34. The summed E-state index contributed by atoms with van der Waals surface area (Å²) in [6, 6.07) is 11.0. The van der Waals surface area contributed by atoms with Gasteiger partial charge in [-0.3, -0.25) is 4.90 Å². The molecule has 1 aliphatic heterocycles. The van der Waals surface area contributed by atoms with E-state index in [-0.39, 0.29) is 5.88 Å². The molecular formula is C25H29N5O3.